The van der Waals surface area contributed by atoms with Gasteiger partial charge >= 0.3 is 5.97 Å². The van der Waals surface area contributed by atoms with Crippen molar-refractivity contribution >= 4 is 5.97 Å². The lowest BCUT2D eigenvalue weighted by Crippen LogP contribution is -2.34. The van der Waals surface area contributed by atoms with Crippen molar-refractivity contribution in [2.45, 2.75) is 53.6 Å². The predicted octanol–water partition coefficient (Wildman–Crippen LogP) is 3.79. The number of esters is 1. The van der Waals surface area contributed by atoms with Crippen LogP contribution < -0.4 is 0 Å². The molecule has 1 unspecified atom stereocenters. The molecule has 2 saturated carbocycles. The van der Waals surface area contributed by atoms with Gasteiger partial charge < -0.3 is 9.47 Å². The summed E-state index contributed by atoms with van der Waals surface area (Å²) in [5.74, 6) is 2.10. The Hall–Kier alpha value is -0.830. The molecule has 2 fully saturated rings. The molecule has 114 valence electrons. The molecule has 4 atom stereocenters. The Bertz CT molecular complexity index is 418. The number of rotatable bonds is 4. The van der Waals surface area contributed by atoms with Crippen molar-refractivity contribution in [1.82, 2.24) is 0 Å². The second-order valence-corrected chi connectivity index (χ2v) is 7.80. The normalized spacial score (nSPS) is 35.9. The van der Waals surface area contributed by atoms with Crippen LogP contribution in [0.3, 0.4) is 0 Å². The fourth-order valence-corrected chi connectivity index (χ4v) is 3.69. The zero-order valence-corrected chi connectivity index (χ0v) is 13.7. The van der Waals surface area contributed by atoms with Crippen molar-refractivity contribution in [2.24, 2.45) is 28.6 Å². The standard InChI is InChI=1S/C17H28O3/c1-10(2)13-8-12-9-17(12,14(13)19-7)11(3)20-15(18)16(4,5)6/h10,12-14H,3,8-9H2,1-2,4-7H3/t12-,13-,14+,17?/m1/s1. The largest absolute Gasteiger partial charge is 0.431 e. The van der Waals surface area contributed by atoms with Crippen molar-refractivity contribution in [3.8, 4) is 0 Å². The van der Waals surface area contributed by atoms with Crippen molar-refractivity contribution in [3.05, 3.63) is 12.3 Å². The Labute approximate surface area is 122 Å². The first kappa shape index (κ1) is 15.6. The average molecular weight is 280 g/mol. The van der Waals surface area contributed by atoms with Gasteiger partial charge in [-0.2, -0.15) is 0 Å². The topological polar surface area (TPSA) is 35.5 Å². The van der Waals surface area contributed by atoms with E-state index in [1.165, 1.54) is 0 Å². The van der Waals surface area contributed by atoms with Crippen LogP contribution in [0.4, 0.5) is 0 Å². The summed E-state index contributed by atoms with van der Waals surface area (Å²) in [6.45, 7) is 14.1. The van der Waals surface area contributed by atoms with Crippen LogP contribution in [0, 0.1) is 28.6 Å². The molecule has 2 aliphatic carbocycles. The number of hydrogen-bond donors (Lipinski definition) is 0. The summed E-state index contributed by atoms with van der Waals surface area (Å²) in [5.41, 5.74) is -0.618. The first-order valence-corrected chi connectivity index (χ1v) is 7.59. The van der Waals surface area contributed by atoms with E-state index in [9.17, 15) is 4.79 Å². The first-order chi connectivity index (χ1) is 9.14. The number of hydrogen-bond acceptors (Lipinski definition) is 3. The minimum absolute atomic E-state index is 0.120. The van der Waals surface area contributed by atoms with Gasteiger partial charge in [-0.05, 0) is 51.4 Å². The summed E-state index contributed by atoms with van der Waals surface area (Å²) < 4.78 is 11.4. The van der Waals surface area contributed by atoms with Crippen molar-refractivity contribution in [3.63, 3.8) is 0 Å². The Balaban J connectivity index is 2.13. The molecule has 0 heterocycles. The molecule has 0 aromatic heterocycles. The van der Waals surface area contributed by atoms with Gasteiger partial charge in [-0.15, -0.1) is 0 Å². The third kappa shape index (κ3) is 2.30. The van der Waals surface area contributed by atoms with Crippen molar-refractivity contribution in [1.29, 1.82) is 0 Å². The van der Waals surface area contributed by atoms with Gasteiger partial charge in [0.1, 0.15) is 5.76 Å². The van der Waals surface area contributed by atoms with E-state index in [2.05, 4.69) is 20.4 Å². The van der Waals surface area contributed by atoms with Crippen molar-refractivity contribution in [2.75, 3.05) is 7.11 Å². The number of carbonyl (C=O) groups is 1. The van der Waals surface area contributed by atoms with Crippen LogP contribution in [0.2, 0.25) is 0 Å². The molecule has 2 rings (SSSR count). The molecule has 0 aromatic carbocycles. The Morgan fingerprint density at radius 2 is 1.95 bits per heavy atom. The monoisotopic (exact) mass is 280 g/mol. The van der Waals surface area contributed by atoms with Gasteiger partial charge in [0.05, 0.1) is 16.9 Å². The van der Waals surface area contributed by atoms with E-state index < -0.39 is 5.41 Å². The highest BCUT2D eigenvalue weighted by molar-refractivity contribution is 5.76. The quantitative estimate of drug-likeness (QED) is 0.580. The van der Waals surface area contributed by atoms with Crippen LogP contribution in [-0.2, 0) is 14.3 Å². The minimum Gasteiger partial charge on any atom is -0.431 e. The van der Waals surface area contributed by atoms with Crippen molar-refractivity contribution < 1.29 is 14.3 Å². The maximum atomic E-state index is 12.1. The number of methoxy groups -OCH3 is 1. The number of ether oxygens (including phenoxy) is 2. The van der Waals surface area contributed by atoms with Crippen LogP contribution in [0.15, 0.2) is 12.3 Å². The molecular formula is C17H28O3. The SMILES string of the molecule is C=C(OC(=O)C(C)(C)C)C12C[C@H]1C[C@H](C(C)C)[C@@H]2OC. The van der Waals surface area contributed by atoms with Crippen LogP contribution in [-0.4, -0.2) is 19.2 Å². The van der Waals surface area contributed by atoms with Gasteiger partial charge in [0.15, 0.2) is 0 Å². The highest BCUT2D eigenvalue weighted by Gasteiger charge is 2.69. The molecule has 0 radical (unpaired) electrons. The van der Waals surface area contributed by atoms with E-state index in [0.717, 1.165) is 12.8 Å². The number of fused-ring (bicyclic) bond motifs is 1. The molecule has 0 N–H and O–H groups in total. The smallest absolute Gasteiger partial charge is 0.316 e. The van der Waals surface area contributed by atoms with Crippen LogP contribution in [0.5, 0.6) is 0 Å². The van der Waals surface area contributed by atoms with Gasteiger partial charge in [0.25, 0.3) is 0 Å². The van der Waals surface area contributed by atoms with E-state index in [1.54, 1.807) is 7.11 Å². The molecule has 0 bridgehead atoms. The fraction of sp³-hybridized carbons (Fsp3) is 0.824. The summed E-state index contributed by atoms with van der Waals surface area (Å²) in [5, 5.41) is 0. The molecule has 0 spiro atoms. The fourth-order valence-electron chi connectivity index (χ4n) is 3.69. The Morgan fingerprint density at radius 3 is 2.40 bits per heavy atom. The van der Waals surface area contributed by atoms with Gasteiger partial charge in [0.2, 0.25) is 0 Å². The third-order valence-electron chi connectivity index (χ3n) is 5.06. The molecule has 0 amide bonds. The summed E-state index contributed by atoms with van der Waals surface area (Å²) >= 11 is 0. The molecule has 0 saturated heterocycles. The maximum absolute atomic E-state index is 12.1. The second kappa shape index (κ2) is 4.87. The molecule has 20 heavy (non-hydrogen) atoms. The molecular weight excluding hydrogens is 252 g/mol. The third-order valence-corrected chi connectivity index (χ3v) is 5.06. The highest BCUT2D eigenvalue weighted by Crippen LogP contribution is 2.70. The minimum atomic E-state index is -0.497. The molecule has 2 aliphatic rings. The van der Waals surface area contributed by atoms with Crippen LogP contribution in [0.25, 0.3) is 0 Å². The maximum Gasteiger partial charge on any atom is 0.316 e. The number of carbonyl (C=O) groups excluding carboxylic acids is 1. The molecule has 0 aliphatic heterocycles. The lowest BCUT2D eigenvalue weighted by atomic mass is 9.84. The van der Waals surface area contributed by atoms with E-state index >= 15 is 0 Å². The van der Waals surface area contributed by atoms with E-state index in [4.69, 9.17) is 9.47 Å². The summed E-state index contributed by atoms with van der Waals surface area (Å²) in [6.07, 6.45) is 2.33. The summed E-state index contributed by atoms with van der Waals surface area (Å²) in [6, 6.07) is 0. The zero-order chi connectivity index (χ0) is 15.3. The van der Waals surface area contributed by atoms with Gasteiger partial charge in [-0.3, -0.25) is 4.79 Å². The van der Waals surface area contributed by atoms with Crippen LogP contribution >= 0.6 is 0 Å². The van der Waals surface area contributed by atoms with Gasteiger partial charge in [-0.1, -0.05) is 20.4 Å². The first-order valence-electron chi connectivity index (χ1n) is 7.59. The predicted molar refractivity (Wildman–Crippen MR) is 79.0 cm³/mol. The molecule has 0 aromatic rings. The van der Waals surface area contributed by atoms with Crippen LogP contribution in [0.1, 0.15) is 47.5 Å². The summed E-state index contributed by atoms with van der Waals surface area (Å²) in [4.78, 5) is 12.1. The zero-order valence-electron chi connectivity index (χ0n) is 13.7. The lowest BCUT2D eigenvalue weighted by Gasteiger charge is -2.31. The van der Waals surface area contributed by atoms with Gasteiger partial charge in [-0.25, -0.2) is 0 Å². The summed E-state index contributed by atoms with van der Waals surface area (Å²) in [7, 11) is 1.77. The van der Waals surface area contributed by atoms with E-state index in [0.29, 0.717) is 23.5 Å². The average Bonchev–Trinajstić information content (AvgIpc) is 2.95. The Kier molecular flexibility index (Phi) is 3.79. The Morgan fingerprint density at radius 1 is 1.35 bits per heavy atom. The lowest BCUT2D eigenvalue weighted by molar-refractivity contribution is -0.150. The highest BCUT2D eigenvalue weighted by atomic mass is 16.5. The second-order valence-electron chi connectivity index (χ2n) is 7.80. The molecule has 3 nitrogen and oxygen atoms in total. The van der Waals surface area contributed by atoms with E-state index in [-0.39, 0.29) is 17.5 Å². The van der Waals surface area contributed by atoms with Gasteiger partial charge in [0, 0.05) is 7.11 Å². The van der Waals surface area contributed by atoms with E-state index in [1.807, 2.05) is 20.8 Å². The molecule has 3 heteroatoms.